The molecular formula is C18H22N4O. The molecule has 0 bridgehead atoms. The van der Waals surface area contributed by atoms with E-state index in [9.17, 15) is 0 Å². The Balaban J connectivity index is 1.60. The third kappa shape index (κ3) is 3.01. The molecule has 2 aromatic rings. The zero-order valence-corrected chi connectivity index (χ0v) is 13.5. The number of hydrogen-bond acceptors (Lipinski definition) is 5. The molecule has 0 atom stereocenters. The Labute approximate surface area is 136 Å². The molecule has 2 aliphatic rings. The number of nitrogens with zero attached hydrogens (tertiary/aromatic N) is 4. The molecule has 5 heteroatoms. The van der Waals surface area contributed by atoms with Crippen LogP contribution in [0, 0.1) is 6.92 Å². The molecule has 0 saturated carbocycles. The Morgan fingerprint density at radius 2 is 1.61 bits per heavy atom. The van der Waals surface area contributed by atoms with Gasteiger partial charge in [0.15, 0.2) is 0 Å². The smallest absolute Gasteiger partial charge is 0.134 e. The Kier molecular flexibility index (Phi) is 3.87. The van der Waals surface area contributed by atoms with Gasteiger partial charge in [-0.2, -0.15) is 0 Å². The highest BCUT2D eigenvalue weighted by Gasteiger charge is 2.20. The highest BCUT2D eigenvalue weighted by Crippen LogP contribution is 2.25. The Morgan fingerprint density at radius 1 is 0.913 bits per heavy atom. The van der Waals surface area contributed by atoms with E-state index < -0.39 is 0 Å². The topological polar surface area (TPSA) is 41.5 Å². The van der Waals surface area contributed by atoms with Crippen LogP contribution in [0.3, 0.4) is 0 Å². The van der Waals surface area contributed by atoms with E-state index in [0.717, 1.165) is 63.3 Å². The molecule has 1 aromatic carbocycles. The van der Waals surface area contributed by atoms with Crippen molar-refractivity contribution >= 4 is 11.6 Å². The van der Waals surface area contributed by atoms with Crippen molar-refractivity contribution in [3.63, 3.8) is 0 Å². The van der Waals surface area contributed by atoms with Crippen LogP contribution in [0.4, 0.5) is 11.6 Å². The molecule has 0 spiro atoms. The van der Waals surface area contributed by atoms with Gasteiger partial charge in [-0.15, -0.1) is 0 Å². The molecule has 1 saturated heterocycles. The van der Waals surface area contributed by atoms with Crippen LogP contribution in [0.5, 0.6) is 0 Å². The SMILES string of the molecule is Cc1nc(N2CCOCC2)cc(N2CCc3ccccc3C2)n1. The van der Waals surface area contributed by atoms with Crippen molar-refractivity contribution in [3.05, 3.63) is 47.3 Å². The van der Waals surface area contributed by atoms with E-state index >= 15 is 0 Å². The Bertz CT molecular complexity index is 697. The third-order valence-electron chi connectivity index (χ3n) is 4.60. The van der Waals surface area contributed by atoms with Crippen molar-refractivity contribution in [2.75, 3.05) is 42.6 Å². The second-order valence-corrected chi connectivity index (χ2v) is 6.17. The van der Waals surface area contributed by atoms with Crippen molar-refractivity contribution in [2.45, 2.75) is 19.9 Å². The van der Waals surface area contributed by atoms with Gasteiger partial charge in [0.2, 0.25) is 0 Å². The van der Waals surface area contributed by atoms with Gasteiger partial charge in [0.25, 0.3) is 0 Å². The number of hydrogen-bond donors (Lipinski definition) is 0. The predicted octanol–water partition coefficient (Wildman–Crippen LogP) is 2.18. The number of aryl methyl sites for hydroxylation is 1. The summed E-state index contributed by atoms with van der Waals surface area (Å²) in [6.07, 6.45) is 1.08. The van der Waals surface area contributed by atoms with E-state index in [0.29, 0.717) is 0 Å². The molecule has 1 aromatic heterocycles. The summed E-state index contributed by atoms with van der Waals surface area (Å²) in [6.45, 7) is 7.26. The highest BCUT2D eigenvalue weighted by atomic mass is 16.5. The van der Waals surface area contributed by atoms with Gasteiger partial charge in [-0.1, -0.05) is 24.3 Å². The van der Waals surface area contributed by atoms with Gasteiger partial charge >= 0.3 is 0 Å². The fourth-order valence-corrected chi connectivity index (χ4v) is 3.34. The van der Waals surface area contributed by atoms with Gasteiger partial charge in [0.1, 0.15) is 17.5 Å². The summed E-state index contributed by atoms with van der Waals surface area (Å²) in [6, 6.07) is 10.8. The molecule has 5 nitrogen and oxygen atoms in total. The lowest BCUT2D eigenvalue weighted by Gasteiger charge is -2.32. The monoisotopic (exact) mass is 310 g/mol. The molecule has 0 radical (unpaired) electrons. The van der Waals surface area contributed by atoms with Crippen LogP contribution >= 0.6 is 0 Å². The average Bonchev–Trinajstić information content (AvgIpc) is 2.61. The van der Waals surface area contributed by atoms with Gasteiger partial charge in [-0.05, 0) is 24.5 Å². The number of benzene rings is 1. The summed E-state index contributed by atoms with van der Waals surface area (Å²) in [5.41, 5.74) is 2.87. The van der Waals surface area contributed by atoms with Crippen LogP contribution < -0.4 is 9.80 Å². The molecule has 0 aliphatic carbocycles. The molecule has 0 amide bonds. The molecular weight excluding hydrogens is 288 g/mol. The fourth-order valence-electron chi connectivity index (χ4n) is 3.34. The maximum Gasteiger partial charge on any atom is 0.134 e. The van der Waals surface area contributed by atoms with E-state index in [2.05, 4.69) is 50.1 Å². The largest absolute Gasteiger partial charge is 0.378 e. The molecule has 120 valence electrons. The van der Waals surface area contributed by atoms with Gasteiger partial charge < -0.3 is 14.5 Å². The van der Waals surface area contributed by atoms with E-state index in [1.165, 1.54) is 11.1 Å². The minimum absolute atomic E-state index is 0.773. The zero-order chi connectivity index (χ0) is 15.6. The Morgan fingerprint density at radius 3 is 2.39 bits per heavy atom. The summed E-state index contributed by atoms with van der Waals surface area (Å²) >= 11 is 0. The number of fused-ring (bicyclic) bond motifs is 1. The maximum absolute atomic E-state index is 5.44. The van der Waals surface area contributed by atoms with Crippen LogP contribution in [-0.2, 0) is 17.7 Å². The summed E-state index contributed by atoms with van der Waals surface area (Å²) in [4.78, 5) is 14.0. The van der Waals surface area contributed by atoms with Crippen molar-refractivity contribution in [2.24, 2.45) is 0 Å². The van der Waals surface area contributed by atoms with E-state index in [1.807, 2.05) is 6.92 Å². The summed E-state index contributed by atoms with van der Waals surface area (Å²) in [5.74, 6) is 2.89. The van der Waals surface area contributed by atoms with Crippen LogP contribution in [0.1, 0.15) is 17.0 Å². The van der Waals surface area contributed by atoms with Crippen LogP contribution in [0.15, 0.2) is 30.3 Å². The van der Waals surface area contributed by atoms with Gasteiger partial charge in [0, 0.05) is 32.2 Å². The highest BCUT2D eigenvalue weighted by molar-refractivity contribution is 5.53. The summed E-state index contributed by atoms with van der Waals surface area (Å²) < 4.78 is 5.44. The summed E-state index contributed by atoms with van der Waals surface area (Å²) in [7, 11) is 0. The number of anilines is 2. The van der Waals surface area contributed by atoms with Crippen molar-refractivity contribution in [3.8, 4) is 0 Å². The maximum atomic E-state index is 5.44. The molecule has 0 unspecified atom stereocenters. The lowest BCUT2D eigenvalue weighted by Crippen LogP contribution is -2.37. The van der Waals surface area contributed by atoms with Crippen LogP contribution in [0.25, 0.3) is 0 Å². The van der Waals surface area contributed by atoms with Gasteiger partial charge in [-0.3, -0.25) is 0 Å². The summed E-state index contributed by atoms with van der Waals surface area (Å²) in [5, 5.41) is 0. The second-order valence-electron chi connectivity index (χ2n) is 6.17. The first-order valence-electron chi connectivity index (χ1n) is 8.30. The number of ether oxygens (including phenoxy) is 1. The molecule has 1 fully saturated rings. The van der Waals surface area contributed by atoms with Gasteiger partial charge in [0.05, 0.1) is 13.2 Å². The molecule has 2 aliphatic heterocycles. The lowest BCUT2D eigenvalue weighted by atomic mass is 10.00. The van der Waals surface area contributed by atoms with Crippen LogP contribution in [-0.4, -0.2) is 42.8 Å². The van der Waals surface area contributed by atoms with Gasteiger partial charge in [-0.25, -0.2) is 9.97 Å². The standard InChI is InChI=1S/C18H22N4O/c1-14-19-17(21-8-10-23-11-9-21)12-18(20-14)22-7-6-15-4-2-3-5-16(15)13-22/h2-5,12H,6-11,13H2,1H3. The second kappa shape index (κ2) is 6.16. The Hall–Kier alpha value is -2.14. The quantitative estimate of drug-likeness (QED) is 0.850. The van der Waals surface area contributed by atoms with Crippen molar-refractivity contribution in [1.82, 2.24) is 9.97 Å². The first kappa shape index (κ1) is 14.5. The molecule has 3 heterocycles. The van der Waals surface area contributed by atoms with Crippen molar-refractivity contribution in [1.29, 1.82) is 0 Å². The first-order valence-corrected chi connectivity index (χ1v) is 8.30. The minimum atomic E-state index is 0.773. The van der Waals surface area contributed by atoms with Crippen LogP contribution in [0.2, 0.25) is 0 Å². The normalized spacial score (nSPS) is 18.0. The predicted molar refractivity (Wildman–Crippen MR) is 91.0 cm³/mol. The molecule has 23 heavy (non-hydrogen) atoms. The number of aromatic nitrogens is 2. The average molecular weight is 310 g/mol. The number of morpholine rings is 1. The fraction of sp³-hybridized carbons (Fsp3) is 0.444. The number of rotatable bonds is 2. The first-order chi connectivity index (χ1) is 11.3. The van der Waals surface area contributed by atoms with E-state index in [4.69, 9.17) is 4.74 Å². The molecule has 4 rings (SSSR count). The molecule has 0 N–H and O–H groups in total. The third-order valence-corrected chi connectivity index (χ3v) is 4.60. The zero-order valence-electron chi connectivity index (χ0n) is 13.5. The van der Waals surface area contributed by atoms with E-state index in [-0.39, 0.29) is 0 Å². The van der Waals surface area contributed by atoms with Crippen molar-refractivity contribution < 1.29 is 4.74 Å². The minimum Gasteiger partial charge on any atom is -0.378 e. The lowest BCUT2D eigenvalue weighted by molar-refractivity contribution is 0.122. The van der Waals surface area contributed by atoms with E-state index in [1.54, 1.807) is 0 Å².